The number of hydrogen-bond acceptors (Lipinski definition) is 4. The highest BCUT2D eigenvalue weighted by molar-refractivity contribution is 9.10. The number of halogens is 1. The van der Waals surface area contributed by atoms with Crippen molar-refractivity contribution in [2.45, 2.75) is 24.8 Å². The van der Waals surface area contributed by atoms with Gasteiger partial charge in [-0.1, -0.05) is 0 Å². The summed E-state index contributed by atoms with van der Waals surface area (Å²) in [6.45, 7) is 1.14. The highest BCUT2D eigenvalue weighted by Crippen LogP contribution is 2.21. The zero-order valence-corrected chi connectivity index (χ0v) is 11.1. The van der Waals surface area contributed by atoms with Crippen molar-refractivity contribution in [3.8, 4) is 0 Å². The molecule has 0 unspecified atom stereocenters. The van der Waals surface area contributed by atoms with Gasteiger partial charge in [0.15, 0.2) is 5.78 Å². The van der Waals surface area contributed by atoms with Gasteiger partial charge in [-0.15, -0.1) is 0 Å². The van der Waals surface area contributed by atoms with Gasteiger partial charge >= 0.3 is 0 Å². The quantitative estimate of drug-likeness (QED) is 0.918. The highest BCUT2D eigenvalue weighted by atomic mass is 79.9. The number of pyridine rings is 1. The SMILES string of the molecule is NC1(C(=O)Cc2cncc(Br)c2)CCOCC1. The lowest BCUT2D eigenvalue weighted by Gasteiger charge is -2.31. The smallest absolute Gasteiger partial charge is 0.157 e. The Labute approximate surface area is 109 Å². The van der Waals surface area contributed by atoms with E-state index < -0.39 is 5.54 Å². The number of ether oxygens (including phenoxy) is 1. The average Bonchev–Trinajstić information content (AvgIpc) is 2.30. The lowest BCUT2D eigenvalue weighted by molar-refractivity contribution is -0.126. The van der Waals surface area contributed by atoms with Crippen LogP contribution < -0.4 is 5.73 Å². The first-order valence-electron chi connectivity index (χ1n) is 5.59. The van der Waals surface area contributed by atoms with Crippen molar-refractivity contribution in [1.82, 2.24) is 4.98 Å². The average molecular weight is 299 g/mol. The van der Waals surface area contributed by atoms with Gasteiger partial charge in [-0.05, 0) is 40.4 Å². The number of aromatic nitrogens is 1. The molecule has 0 radical (unpaired) electrons. The number of nitrogens with zero attached hydrogens (tertiary/aromatic N) is 1. The number of Topliss-reactive ketones (excluding diaryl/α,β-unsaturated/α-hetero) is 1. The topological polar surface area (TPSA) is 65.2 Å². The third-order valence-electron chi connectivity index (χ3n) is 3.07. The van der Waals surface area contributed by atoms with Crippen molar-refractivity contribution < 1.29 is 9.53 Å². The molecule has 0 amide bonds. The van der Waals surface area contributed by atoms with Crippen LogP contribution in [0.5, 0.6) is 0 Å². The van der Waals surface area contributed by atoms with Crippen molar-refractivity contribution in [3.63, 3.8) is 0 Å². The standard InChI is InChI=1S/C12H15BrN2O2/c13-10-5-9(7-15-8-10)6-11(16)12(14)1-3-17-4-2-12/h5,7-8H,1-4,6,14H2. The fraction of sp³-hybridized carbons (Fsp3) is 0.500. The van der Waals surface area contributed by atoms with Crippen LogP contribution in [0.2, 0.25) is 0 Å². The van der Waals surface area contributed by atoms with Crippen molar-refractivity contribution in [1.29, 1.82) is 0 Å². The van der Waals surface area contributed by atoms with Crippen LogP contribution in [0.25, 0.3) is 0 Å². The molecule has 0 aromatic carbocycles. The van der Waals surface area contributed by atoms with Gasteiger partial charge < -0.3 is 10.5 Å². The molecule has 2 N–H and O–H groups in total. The summed E-state index contributed by atoms with van der Waals surface area (Å²) in [5.74, 6) is 0.0701. The zero-order valence-electron chi connectivity index (χ0n) is 9.49. The van der Waals surface area contributed by atoms with Crippen LogP contribution in [0, 0.1) is 0 Å². The van der Waals surface area contributed by atoms with E-state index in [2.05, 4.69) is 20.9 Å². The van der Waals surface area contributed by atoms with Gasteiger partial charge in [0, 0.05) is 36.5 Å². The minimum absolute atomic E-state index is 0.0701. The van der Waals surface area contributed by atoms with Gasteiger partial charge in [0.1, 0.15) is 0 Å². The van der Waals surface area contributed by atoms with Gasteiger partial charge in [0.25, 0.3) is 0 Å². The van der Waals surface area contributed by atoms with Gasteiger partial charge in [0.2, 0.25) is 0 Å². The third-order valence-corrected chi connectivity index (χ3v) is 3.50. The van der Waals surface area contributed by atoms with Crippen LogP contribution in [0.15, 0.2) is 22.9 Å². The van der Waals surface area contributed by atoms with E-state index in [0.717, 1.165) is 10.0 Å². The summed E-state index contributed by atoms with van der Waals surface area (Å²) in [7, 11) is 0. The fourth-order valence-corrected chi connectivity index (χ4v) is 2.34. The predicted octanol–water partition coefficient (Wildman–Crippen LogP) is 1.46. The Morgan fingerprint density at radius 1 is 1.47 bits per heavy atom. The number of rotatable bonds is 3. The molecule has 4 nitrogen and oxygen atoms in total. The Morgan fingerprint density at radius 2 is 2.18 bits per heavy atom. The van der Waals surface area contributed by atoms with Crippen LogP contribution in [0.1, 0.15) is 18.4 Å². The summed E-state index contributed by atoms with van der Waals surface area (Å²) < 4.78 is 6.11. The fourth-order valence-electron chi connectivity index (χ4n) is 1.93. The molecule has 92 valence electrons. The lowest BCUT2D eigenvalue weighted by Crippen LogP contribution is -2.52. The van der Waals surface area contributed by atoms with E-state index in [0.29, 0.717) is 32.5 Å². The Balaban J connectivity index is 2.05. The van der Waals surface area contributed by atoms with Gasteiger partial charge in [-0.25, -0.2) is 0 Å². The number of hydrogen-bond donors (Lipinski definition) is 1. The second-order valence-electron chi connectivity index (χ2n) is 4.38. The molecule has 1 aromatic rings. The second-order valence-corrected chi connectivity index (χ2v) is 5.30. The van der Waals surface area contributed by atoms with Crippen molar-refractivity contribution in [3.05, 3.63) is 28.5 Å². The first kappa shape index (κ1) is 12.7. The monoisotopic (exact) mass is 298 g/mol. The van der Waals surface area contributed by atoms with Gasteiger partial charge in [0.05, 0.1) is 5.54 Å². The molecule has 0 spiro atoms. The zero-order chi connectivity index (χ0) is 12.3. The normalized spacial score (nSPS) is 18.9. The minimum atomic E-state index is -0.722. The van der Waals surface area contributed by atoms with E-state index in [9.17, 15) is 4.79 Å². The third kappa shape index (κ3) is 3.12. The summed E-state index contributed by atoms with van der Waals surface area (Å²) in [4.78, 5) is 16.2. The molecule has 2 rings (SSSR count). The molecular formula is C12H15BrN2O2. The first-order chi connectivity index (χ1) is 8.10. The second kappa shape index (κ2) is 5.25. The lowest BCUT2D eigenvalue weighted by atomic mass is 9.84. The number of carbonyl (C=O) groups is 1. The molecule has 5 heteroatoms. The molecule has 1 fully saturated rings. The van der Waals surface area contributed by atoms with Crippen molar-refractivity contribution in [2.75, 3.05) is 13.2 Å². The summed E-state index contributed by atoms with van der Waals surface area (Å²) in [6.07, 6.45) is 4.94. The Kier molecular flexibility index (Phi) is 3.91. The molecule has 1 aromatic heterocycles. The molecule has 0 atom stereocenters. The first-order valence-corrected chi connectivity index (χ1v) is 6.39. The molecule has 17 heavy (non-hydrogen) atoms. The molecule has 0 saturated carbocycles. The number of nitrogens with two attached hydrogens (primary N) is 1. The molecular weight excluding hydrogens is 284 g/mol. The van der Waals surface area contributed by atoms with Gasteiger partial charge in [-0.2, -0.15) is 0 Å². The van der Waals surface area contributed by atoms with E-state index in [-0.39, 0.29) is 5.78 Å². The van der Waals surface area contributed by atoms with Crippen LogP contribution in [-0.4, -0.2) is 29.5 Å². The van der Waals surface area contributed by atoms with E-state index in [4.69, 9.17) is 10.5 Å². The van der Waals surface area contributed by atoms with E-state index in [1.807, 2.05) is 6.07 Å². The molecule has 2 heterocycles. The summed E-state index contributed by atoms with van der Waals surface area (Å²) in [5.41, 5.74) is 6.29. The Hall–Kier alpha value is -0.780. The summed E-state index contributed by atoms with van der Waals surface area (Å²) >= 11 is 3.34. The molecule has 1 saturated heterocycles. The maximum Gasteiger partial charge on any atom is 0.157 e. The maximum absolute atomic E-state index is 12.2. The predicted molar refractivity (Wildman–Crippen MR) is 67.6 cm³/mol. The van der Waals surface area contributed by atoms with Crippen LogP contribution >= 0.6 is 15.9 Å². The molecule has 1 aliphatic rings. The minimum Gasteiger partial charge on any atom is -0.381 e. The molecule has 0 bridgehead atoms. The molecule has 1 aliphatic heterocycles. The molecule has 0 aliphatic carbocycles. The van der Waals surface area contributed by atoms with Crippen LogP contribution in [0.3, 0.4) is 0 Å². The summed E-state index contributed by atoms with van der Waals surface area (Å²) in [6, 6.07) is 1.90. The largest absolute Gasteiger partial charge is 0.381 e. The van der Waals surface area contributed by atoms with E-state index in [1.165, 1.54) is 0 Å². The number of carbonyl (C=O) groups excluding carboxylic acids is 1. The maximum atomic E-state index is 12.2. The van der Waals surface area contributed by atoms with E-state index in [1.54, 1.807) is 12.4 Å². The van der Waals surface area contributed by atoms with Crippen molar-refractivity contribution >= 4 is 21.7 Å². The van der Waals surface area contributed by atoms with Crippen LogP contribution in [-0.2, 0) is 16.0 Å². The van der Waals surface area contributed by atoms with Gasteiger partial charge in [-0.3, -0.25) is 9.78 Å². The summed E-state index contributed by atoms with van der Waals surface area (Å²) in [5, 5.41) is 0. The number of ketones is 1. The highest BCUT2D eigenvalue weighted by Gasteiger charge is 2.35. The van der Waals surface area contributed by atoms with Crippen molar-refractivity contribution in [2.24, 2.45) is 5.73 Å². The Morgan fingerprint density at radius 3 is 2.82 bits per heavy atom. The van der Waals surface area contributed by atoms with Crippen LogP contribution in [0.4, 0.5) is 0 Å². The Bertz CT molecular complexity index is 417. The van der Waals surface area contributed by atoms with E-state index >= 15 is 0 Å².